The molecule has 4 heteroatoms. The van der Waals surface area contributed by atoms with Crippen molar-refractivity contribution in [2.24, 2.45) is 0 Å². The van der Waals surface area contributed by atoms with E-state index in [1.165, 1.54) is 0 Å². The molecule has 1 aromatic carbocycles. The Hall–Kier alpha value is -1.91. The Morgan fingerprint density at radius 1 is 1.10 bits per heavy atom. The Morgan fingerprint density at radius 2 is 1.85 bits per heavy atom. The van der Waals surface area contributed by atoms with Gasteiger partial charge in [0.25, 0.3) is 0 Å². The van der Waals surface area contributed by atoms with Crippen LogP contribution in [0.15, 0.2) is 42.6 Å². The van der Waals surface area contributed by atoms with Gasteiger partial charge in [-0.1, -0.05) is 31.2 Å². The van der Waals surface area contributed by atoms with Crippen LogP contribution < -0.4 is 10.1 Å². The summed E-state index contributed by atoms with van der Waals surface area (Å²) < 4.78 is 5.68. The maximum Gasteiger partial charge on any atom is 0.138 e. The molecule has 1 aromatic heterocycles. The number of benzene rings is 1. The van der Waals surface area contributed by atoms with Crippen LogP contribution in [0.25, 0.3) is 0 Å². The molecule has 2 N–H and O–H groups in total. The highest BCUT2D eigenvalue weighted by Crippen LogP contribution is 2.12. The Bertz CT molecular complexity index is 509. The molecule has 0 aliphatic rings. The molecule has 106 valence electrons. The van der Waals surface area contributed by atoms with E-state index in [1.54, 1.807) is 6.20 Å². The third-order valence-electron chi connectivity index (χ3n) is 2.96. The first-order valence-corrected chi connectivity index (χ1v) is 6.79. The molecule has 0 bridgehead atoms. The molecular formula is C16H20N2O2. The molecule has 0 unspecified atom stereocenters. The molecule has 1 heterocycles. The number of nitrogens with zero attached hydrogens (tertiary/aromatic N) is 1. The highest BCUT2D eigenvalue weighted by atomic mass is 16.5. The number of ether oxygens (including phenoxy) is 1. The van der Waals surface area contributed by atoms with Gasteiger partial charge in [0.05, 0.1) is 18.5 Å². The van der Waals surface area contributed by atoms with Crippen molar-refractivity contribution < 1.29 is 9.84 Å². The van der Waals surface area contributed by atoms with Crippen molar-refractivity contribution in [2.75, 3.05) is 6.54 Å². The Kier molecular flexibility index (Phi) is 5.53. The van der Waals surface area contributed by atoms with Gasteiger partial charge in [-0.25, -0.2) is 0 Å². The second-order valence-electron chi connectivity index (χ2n) is 4.53. The molecular weight excluding hydrogens is 252 g/mol. The smallest absolute Gasteiger partial charge is 0.138 e. The molecule has 20 heavy (non-hydrogen) atoms. The molecule has 0 aliphatic heterocycles. The highest BCUT2D eigenvalue weighted by Gasteiger charge is 1.99. The molecule has 0 saturated heterocycles. The van der Waals surface area contributed by atoms with Gasteiger partial charge in [0.2, 0.25) is 0 Å². The quantitative estimate of drug-likeness (QED) is 0.812. The zero-order chi connectivity index (χ0) is 14.2. The molecule has 0 spiro atoms. The van der Waals surface area contributed by atoms with Crippen LogP contribution in [-0.2, 0) is 19.8 Å². The first kappa shape index (κ1) is 14.5. The summed E-state index contributed by atoms with van der Waals surface area (Å²) in [7, 11) is 0. The van der Waals surface area contributed by atoms with Crippen molar-refractivity contribution in [3.63, 3.8) is 0 Å². The number of hydrogen-bond donors (Lipinski definition) is 2. The summed E-state index contributed by atoms with van der Waals surface area (Å²) in [6, 6.07) is 11.6. The van der Waals surface area contributed by atoms with E-state index in [1.807, 2.05) is 36.4 Å². The van der Waals surface area contributed by atoms with Crippen molar-refractivity contribution in [1.82, 2.24) is 10.3 Å². The maximum atomic E-state index is 8.98. The summed E-state index contributed by atoms with van der Waals surface area (Å²) in [5, 5.41) is 12.2. The first-order chi connectivity index (χ1) is 9.81. The fourth-order valence-corrected chi connectivity index (χ4v) is 1.76. The number of aliphatic hydroxyl groups is 1. The monoisotopic (exact) mass is 272 g/mol. The van der Waals surface area contributed by atoms with E-state index < -0.39 is 0 Å². The van der Waals surface area contributed by atoms with E-state index in [-0.39, 0.29) is 6.61 Å². The normalized spacial score (nSPS) is 10.5. The van der Waals surface area contributed by atoms with E-state index >= 15 is 0 Å². The minimum Gasteiger partial charge on any atom is -0.487 e. The van der Waals surface area contributed by atoms with Crippen LogP contribution in [0.1, 0.15) is 23.7 Å². The van der Waals surface area contributed by atoms with Gasteiger partial charge in [-0.2, -0.15) is 0 Å². The van der Waals surface area contributed by atoms with E-state index in [2.05, 4.69) is 17.2 Å². The number of aliphatic hydroxyl groups excluding tert-OH is 1. The summed E-state index contributed by atoms with van der Waals surface area (Å²) >= 11 is 0. The van der Waals surface area contributed by atoms with Gasteiger partial charge in [-0.05, 0) is 29.8 Å². The molecule has 0 atom stereocenters. The van der Waals surface area contributed by atoms with Crippen LogP contribution in [0, 0.1) is 0 Å². The van der Waals surface area contributed by atoms with Crippen molar-refractivity contribution in [3.8, 4) is 5.75 Å². The Labute approximate surface area is 119 Å². The van der Waals surface area contributed by atoms with Gasteiger partial charge in [-0.15, -0.1) is 0 Å². The lowest BCUT2D eigenvalue weighted by molar-refractivity contribution is 0.281. The second kappa shape index (κ2) is 7.62. The van der Waals surface area contributed by atoms with Crippen LogP contribution in [0.4, 0.5) is 0 Å². The van der Waals surface area contributed by atoms with Gasteiger partial charge < -0.3 is 15.2 Å². The zero-order valence-corrected chi connectivity index (χ0v) is 11.7. The zero-order valence-electron chi connectivity index (χ0n) is 11.7. The predicted octanol–water partition coefficient (Wildman–Crippen LogP) is 2.26. The van der Waals surface area contributed by atoms with Crippen LogP contribution >= 0.6 is 0 Å². The molecule has 2 rings (SSSR count). The van der Waals surface area contributed by atoms with E-state index in [0.29, 0.717) is 6.61 Å². The van der Waals surface area contributed by atoms with Crippen LogP contribution in [0.5, 0.6) is 5.75 Å². The van der Waals surface area contributed by atoms with Gasteiger partial charge in [-0.3, -0.25) is 4.98 Å². The lowest BCUT2D eigenvalue weighted by Crippen LogP contribution is -2.12. The second-order valence-corrected chi connectivity index (χ2v) is 4.53. The first-order valence-electron chi connectivity index (χ1n) is 6.79. The lowest BCUT2D eigenvalue weighted by atomic mass is 10.1. The average Bonchev–Trinajstić information content (AvgIpc) is 2.52. The van der Waals surface area contributed by atoms with E-state index in [4.69, 9.17) is 9.84 Å². The fourth-order valence-electron chi connectivity index (χ4n) is 1.76. The Morgan fingerprint density at radius 3 is 2.45 bits per heavy atom. The van der Waals surface area contributed by atoms with Crippen molar-refractivity contribution in [1.29, 1.82) is 0 Å². The third-order valence-corrected chi connectivity index (χ3v) is 2.96. The van der Waals surface area contributed by atoms with Crippen LogP contribution in [0.2, 0.25) is 0 Å². The van der Waals surface area contributed by atoms with E-state index in [0.717, 1.165) is 35.7 Å². The highest BCUT2D eigenvalue weighted by molar-refractivity contribution is 5.23. The lowest BCUT2D eigenvalue weighted by Gasteiger charge is -2.07. The molecule has 0 saturated carbocycles. The van der Waals surface area contributed by atoms with Gasteiger partial charge in [0, 0.05) is 6.54 Å². The van der Waals surface area contributed by atoms with Crippen molar-refractivity contribution >= 4 is 0 Å². The van der Waals surface area contributed by atoms with Gasteiger partial charge >= 0.3 is 0 Å². The van der Waals surface area contributed by atoms with Crippen LogP contribution in [-0.4, -0.2) is 16.6 Å². The summed E-state index contributed by atoms with van der Waals surface area (Å²) in [5.41, 5.74) is 2.98. The largest absolute Gasteiger partial charge is 0.487 e. The standard InChI is InChI=1S/C16H20N2O2/c1-2-17-9-15-7-8-16(10-18-15)20-12-14-5-3-13(11-19)4-6-14/h3-8,10,17,19H,2,9,11-12H2,1H3. The number of rotatable bonds is 7. The molecule has 2 aromatic rings. The fraction of sp³-hybridized carbons (Fsp3) is 0.312. The summed E-state index contributed by atoms with van der Waals surface area (Å²) in [5.74, 6) is 0.761. The average molecular weight is 272 g/mol. The number of aromatic nitrogens is 1. The topological polar surface area (TPSA) is 54.4 Å². The molecule has 4 nitrogen and oxygen atoms in total. The minimum absolute atomic E-state index is 0.0678. The predicted molar refractivity (Wildman–Crippen MR) is 78.3 cm³/mol. The number of hydrogen-bond acceptors (Lipinski definition) is 4. The van der Waals surface area contributed by atoms with Crippen LogP contribution in [0.3, 0.4) is 0 Å². The summed E-state index contributed by atoms with van der Waals surface area (Å²) in [6.07, 6.45) is 1.74. The SMILES string of the molecule is CCNCc1ccc(OCc2ccc(CO)cc2)cn1. The molecule has 0 radical (unpaired) electrons. The minimum atomic E-state index is 0.0678. The van der Waals surface area contributed by atoms with E-state index in [9.17, 15) is 0 Å². The summed E-state index contributed by atoms with van der Waals surface area (Å²) in [4.78, 5) is 4.34. The maximum absolute atomic E-state index is 8.98. The molecule has 0 fully saturated rings. The molecule has 0 amide bonds. The summed E-state index contributed by atoms with van der Waals surface area (Å²) in [6.45, 7) is 4.35. The van der Waals surface area contributed by atoms with Crippen molar-refractivity contribution in [2.45, 2.75) is 26.7 Å². The van der Waals surface area contributed by atoms with Gasteiger partial charge in [0.1, 0.15) is 12.4 Å². The number of nitrogens with one attached hydrogen (secondary N) is 1. The Balaban J connectivity index is 1.86. The van der Waals surface area contributed by atoms with Gasteiger partial charge in [0.15, 0.2) is 0 Å². The molecule has 0 aliphatic carbocycles. The third kappa shape index (κ3) is 4.33. The van der Waals surface area contributed by atoms with Crippen molar-refractivity contribution in [3.05, 3.63) is 59.4 Å². The number of pyridine rings is 1.